The fourth-order valence-corrected chi connectivity index (χ4v) is 2.45. The number of nitrogens with zero attached hydrogens (tertiary/aromatic N) is 2. The third-order valence-electron chi connectivity index (χ3n) is 2.53. The molecule has 0 atom stereocenters. The van der Waals surface area contributed by atoms with Gasteiger partial charge in [0.1, 0.15) is 11.1 Å². The summed E-state index contributed by atoms with van der Waals surface area (Å²) < 4.78 is 10.4. The van der Waals surface area contributed by atoms with Crippen LogP contribution in [0, 0.1) is 18.3 Å². The maximum atomic E-state index is 8.91. The number of nitriles is 1. The van der Waals surface area contributed by atoms with Crippen LogP contribution in [0.1, 0.15) is 10.6 Å². The molecule has 5 heteroatoms. The van der Waals surface area contributed by atoms with Crippen LogP contribution in [0.5, 0.6) is 11.5 Å². The molecule has 0 saturated carbocycles. The van der Waals surface area contributed by atoms with E-state index in [2.05, 4.69) is 11.1 Å². The quantitative estimate of drug-likeness (QED) is 0.851. The normalized spacial score (nSPS) is 9.89. The van der Waals surface area contributed by atoms with Gasteiger partial charge in [0, 0.05) is 10.4 Å². The predicted octanol–water partition coefficient (Wildman–Crippen LogP) is 3.01. The van der Waals surface area contributed by atoms with Gasteiger partial charge >= 0.3 is 0 Å². The van der Waals surface area contributed by atoms with Crippen LogP contribution >= 0.6 is 11.3 Å². The van der Waals surface area contributed by atoms with Crippen molar-refractivity contribution in [3.8, 4) is 28.1 Å². The van der Waals surface area contributed by atoms with Gasteiger partial charge in [-0.3, -0.25) is 0 Å². The highest BCUT2D eigenvalue weighted by Gasteiger charge is 2.11. The number of thiazole rings is 1. The maximum Gasteiger partial charge on any atom is 0.161 e. The number of hydrogen-bond acceptors (Lipinski definition) is 5. The minimum atomic E-state index is 0.477. The summed E-state index contributed by atoms with van der Waals surface area (Å²) >= 11 is 1.49. The minimum Gasteiger partial charge on any atom is -0.493 e. The van der Waals surface area contributed by atoms with Gasteiger partial charge in [0.05, 0.1) is 14.2 Å². The largest absolute Gasteiger partial charge is 0.493 e. The predicted molar refractivity (Wildman–Crippen MR) is 70.1 cm³/mol. The van der Waals surface area contributed by atoms with Crippen LogP contribution in [0.15, 0.2) is 18.2 Å². The van der Waals surface area contributed by atoms with Crippen molar-refractivity contribution in [1.29, 1.82) is 5.26 Å². The number of aromatic nitrogens is 1. The van der Waals surface area contributed by atoms with Gasteiger partial charge in [0.15, 0.2) is 17.2 Å². The van der Waals surface area contributed by atoms with E-state index in [1.54, 1.807) is 14.2 Å². The van der Waals surface area contributed by atoms with E-state index in [0.29, 0.717) is 17.2 Å². The van der Waals surface area contributed by atoms with Crippen LogP contribution in [0.2, 0.25) is 0 Å². The van der Waals surface area contributed by atoms with Crippen molar-refractivity contribution in [3.63, 3.8) is 0 Å². The first-order valence-electron chi connectivity index (χ1n) is 5.29. The Balaban J connectivity index is 2.48. The monoisotopic (exact) mass is 260 g/mol. The summed E-state index contributed by atoms with van der Waals surface area (Å²) in [5.41, 5.74) is 1.40. The lowest BCUT2D eigenvalue weighted by Gasteiger charge is -2.08. The van der Waals surface area contributed by atoms with Gasteiger partial charge in [-0.2, -0.15) is 5.26 Å². The molecule has 0 bridgehead atoms. The summed E-state index contributed by atoms with van der Waals surface area (Å²) in [6.07, 6.45) is 0. The Morgan fingerprint density at radius 2 is 1.94 bits per heavy atom. The number of hydrogen-bond donors (Lipinski definition) is 0. The molecule has 92 valence electrons. The second-order valence-electron chi connectivity index (χ2n) is 3.61. The Bertz CT molecular complexity index is 614. The van der Waals surface area contributed by atoms with Gasteiger partial charge < -0.3 is 9.47 Å². The average Bonchev–Trinajstić information content (AvgIpc) is 2.79. The van der Waals surface area contributed by atoms with Crippen molar-refractivity contribution >= 4 is 11.3 Å². The molecule has 0 unspecified atom stereocenters. The summed E-state index contributed by atoms with van der Waals surface area (Å²) in [5.74, 6) is 1.33. The van der Waals surface area contributed by atoms with Crippen LogP contribution in [0.25, 0.3) is 10.6 Å². The zero-order valence-corrected chi connectivity index (χ0v) is 11.2. The van der Waals surface area contributed by atoms with E-state index in [1.807, 2.05) is 25.1 Å². The zero-order chi connectivity index (χ0) is 13.1. The van der Waals surface area contributed by atoms with Crippen LogP contribution in [-0.2, 0) is 0 Å². The van der Waals surface area contributed by atoms with Crippen LogP contribution in [0.4, 0.5) is 0 Å². The highest BCUT2D eigenvalue weighted by molar-refractivity contribution is 7.15. The molecular formula is C13H12N2O2S. The van der Waals surface area contributed by atoms with Crippen LogP contribution in [0.3, 0.4) is 0 Å². The average molecular weight is 260 g/mol. The minimum absolute atomic E-state index is 0.477. The molecular weight excluding hydrogens is 248 g/mol. The van der Waals surface area contributed by atoms with Crippen molar-refractivity contribution < 1.29 is 9.47 Å². The van der Waals surface area contributed by atoms with Gasteiger partial charge in [0.2, 0.25) is 0 Å². The van der Waals surface area contributed by atoms with Crippen molar-refractivity contribution in [3.05, 3.63) is 28.8 Å². The molecule has 0 N–H and O–H groups in total. The first kappa shape index (κ1) is 12.4. The van der Waals surface area contributed by atoms with E-state index in [1.165, 1.54) is 11.3 Å². The van der Waals surface area contributed by atoms with E-state index in [4.69, 9.17) is 14.7 Å². The second-order valence-corrected chi connectivity index (χ2v) is 4.81. The smallest absolute Gasteiger partial charge is 0.161 e. The maximum absolute atomic E-state index is 8.91. The van der Waals surface area contributed by atoms with Crippen LogP contribution < -0.4 is 9.47 Å². The third kappa shape index (κ3) is 2.15. The van der Waals surface area contributed by atoms with E-state index < -0.39 is 0 Å². The molecule has 4 nitrogen and oxygen atoms in total. The molecule has 2 aromatic rings. The first-order valence-corrected chi connectivity index (χ1v) is 6.11. The van der Waals surface area contributed by atoms with E-state index in [9.17, 15) is 0 Å². The van der Waals surface area contributed by atoms with Crippen LogP contribution in [-0.4, -0.2) is 19.2 Å². The molecule has 0 amide bonds. The lowest BCUT2D eigenvalue weighted by atomic mass is 10.2. The molecule has 18 heavy (non-hydrogen) atoms. The summed E-state index contributed by atoms with van der Waals surface area (Å²) in [7, 11) is 3.19. The van der Waals surface area contributed by atoms with Gasteiger partial charge in [0.25, 0.3) is 0 Å². The molecule has 0 aliphatic carbocycles. The SMILES string of the molecule is COc1ccc(-c2nc(C#N)c(C)s2)cc1OC. The molecule has 0 spiro atoms. The number of ether oxygens (including phenoxy) is 2. The fraction of sp³-hybridized carbons (Fsp3) is 0.231. The summed E-state index contributed by atoms with van der Waals surface area (Å²) in [6.45, 7) is 1.89. The first-order chi connectivity index (χ1) is 8.69. The Morgan fingerprint density at radius 3 is 2.50 bits per heavy atom. The molecule has 1 aromatic heterocycles. The Kier molecular flexibility index (Phi) is 3.49. The lowest BCUT2D eigenvalue weighted by Crippen LogP contribution is -1.90. The number of aryl methyl sites for hydroxylation is 1. The summed E-state index contributed by atoms with van der Waals surface area (Å²) in [4.78, 5) is 5.21. The molecule has 0 radical (unpaired) electrons. The molecule has 2 rings (SSSR count). The lowest BCUT2D eigenvalue weighted by molar-refractivity contribution is 0.355. The molecule has 0 saturated heterocycles. The van der Waals surface area contributed by atoms with E-state index in [-0.39, 0.29) is 0 Å². The van der Waals surface area contributed by atoms with E-state index in [0.717, 1.165) is 15.4 Å². The van der Waals surface area contributed by atoms with E-state index >= 15 is 0 Å². The van der Waals surface area contributed by atoms with Crippen molar-refractivity contribution in [2.45, 2.75) is 6.92 Å². The molecule has 0 aliphatic heterocycles. The molecule has 1 heterocycles. The highest BCUT2D eigenvalue weighted by Crippen LogP contribution is 2.34. The van der Waals surface area contributed by atoms with Crippen molar-refractivity contribution in [2.75, 3.05) is 14.2 Å². The van der Waals surface area contributed by atoms with Crippen molar-refractivity contribution in [2.24, 2.45) is 0 Å². The Morgan fingerprint density at radius 1 is 1.22 bits per heavy atom. The topological polar surface area (TPSA) is 55.1 Å². The number of methoxy groups -OCH3 is 2. The number of benzene rings is 1. The van der Waals surface area contributed by atoms with Crippen molar-refractivity contribution in [1.82, 2.24) is 4.98 Å². The van der Waals surface area contributed by atoms with Gasteiger partial charge in [-0.15, -0.1) is 11.3 Å². The Labute approximate surface area is 109 Å². The highest BCUT2D eigenvalue weighted by atomic mass is 32.1. The molecule has 1 aromatic carbocycles. The standard InChI is InChI=1S/C13H12N2O2S/c1-8-10(7-14)15-13(18-8)9-4-5-11(16-2)12(6-9)17-3/h4-6H,1-3H3. The third-order valence-corrected chi connectivity index (χ3v) is 3.55. The second kappa shape index (κ2) is 5.07. The van der Waals surface area contributed by atoms with Gasteiger partial charge in [-0.05, 0) is 25.1 Å². The summed E-state index contributed by atoms with van der Waals surface area (Å²) in [6, 6.07) is 7.67. The molecule has 0 aliphatic rings. The van der Waals surface area contributed by atoms with Gasteiger partial charge in [-0.25, -0.2) is 4.98 Å². The fourth-order valence-electron chi connectivity index (χ4n) is 1.59. The number of rotatable bonds is 3. The summed E-state index contributed by atoms with van der Waals surface area (Å²) in [5, 5.41) is 9.72. The Hall–Kier alpha value is -2.06. The zero-order valence-electron chi connectivity index (χ0n) is 10.4. The molecule has 0 fully saturated rings. The van der Waals surface area contributed by atoms with Gasteiger partial charge in [-0.1, -0.05) is 0 Å².